The maximum absolute atomic E-state index is 10.8. The second-order valence-corrected chi connectivity index (χ2v) is 6.36. The number of nitrogens with one attached hydrogen (secondary N) is 1. The van der Waals surface area contributed by atoms with Crippen LogP contribution in [0.25, 0.3) is 23.0 Å². The van der Waals surface area contributed by atoms with Crippen LogP contribution in [0.5, 0.6) is 0 Å². The van der Waals surface area contributed by atoms with E-state index in [1.54, 1.807) is 18.3 Å². The van der Waals surface area contributed by atoms with Crippen molar-refractivity contribution in [1.82, 2.24) is 9.78 Å². The summed E-state index contributed by atoms with van der Waals surface area (Å²) in [7, 11) is 0. The van der Waals surface area contributed by atoms with Crippen LogP contribution in [-0.2, 0) is 0 Å². The molecule has 0 aliphatic heterocycles. The molecule has 0 atom stereocenters. The number of aromatic nitrogens is 2. The van der Waals surface area contributed by atoms with Crippen LogP contribution in [0.4, 0.5) is 11.4 Å². The molecule has 0 bridgehead atoms. The van der Waals surface area contributed by atoms with Gasteiger partial charge in [-0.2, -0.15) is 5.10 Å². The fraction of sp³-hybridized carbons (Fsp3) is 0. The van der Waals surface area contributed by atoms with Crippen LogP contribution in [0.3, 0.4) is 0 Å². The molecule has 0 saturated heterocycles. The Morgan fingerprint density at radius 2 is 1.55 bits per heavy atom. The number of nitro groups is 1. The summed E-state index contributed by atoms with van der Waals surface area (Å²) in [6, 6.07) is 26.2. The second-order valence-electron chi connectivity index (χ2n) is 6.36. The van der Waals surface area contributed by atoms with Crippen molar-refractivity contribution in [3.8, 4) is 16.9 Å². The molecular weight excluding hydrogens is 364 g/mol. The van der Waals surface area contributed by atoms with Gasteiger partial charge in [0.1, 0.15) is 0 Å². The topological polar surface area (TPSA) is 73.0 Å². The van der Waals surface area contributed by atoms with Gasteiger partial charge >= 0.3 is 0 Å². The first-order chi connectivity index (χ1) is 14.2. The molecule has 0 spiro atoms. The van der Waals surface area contributed by atoms with Crippen LogP contribution in [0.15, 0.2) is 97.3 Å². The van der Waals surface area contributed by atoms with Gasteiger partial charge in [-0.05, 0) is 30.3 Å². The standard InChI is InChI=1S/C23H18N4O2/c28-27(29)22-13-11-20(12-14-22)24-16-15-19-17-26(21-9-5-2-6-10-21)25-23(19)18-7-3-1-4-8-18/h1-17,24H/b16-15+. The maximum Gasteiger partial charge on any atom is 0.269 e. The smallest absolute Gasteiger partial charge is 0.269 e. The van der Waals surface area contributed by atoms with Gasteiger partial charge in [-0.15, -0.1) is 0 Å². The Kier molecular flexibility index (Phi) is 5.16. The first-order valence-electron chi connectivity index (χ1n) is 9.09. The molecule has 0 aliphatic carbocycles. The summed E-state index contributed by atoms with van der Waals surface area (Å²) in [4.78, 5) is 10.4. The highest BCUT2D eigenvalue weighted by molar-refractivity contribution is 5.72. The van der Waals surface area contributed by atoms with Crippen LogP contribution < -0.4 is 5.32 Å². The lowest BCUT2D eigenvalue weighted by atomic mass is 10.1. The number of nitrogens with zero attached hydrogens (tertiary/aromatic N) is 3. The van der Waals surface area contributed by atoms with Crippen LogP contribution in [-0.4, -0.2) is 14.7 Å². The molecule has 3 aromatic carbocycles. The molecule has 0 aliphatic rings. The number of nitro benzene ring substituents is 1. The summed E-state index contributed by atoms with van der Waals surface area (Å²) < 4.78 is 1.86. The van der Waals surface area contributed by atoms with Crippen molar-refractivity contribution in [2.75, 3.05) is 5.32 Å². The molecular formula is C23H18N4O2. The highest BCUT2D eigenvalue weighted by Gasteiger charge is 2.10. The molecule has 0 saturated carbocycles. The van der Waals surface area contributed by atoms with Gasteiger partial charge in [0, 0.05) is 41.3 Å². The highest BCUT2D eigenvalue weighted by Crippen LogP contribution is 2.25. The van der Waals surface area contributed by atoms with E-state index in [-0.39, 0.29) is 5.69 Å². The number of benzene rings is 3. The van der Waals surface area contributed by atoms with E-state index in [0.29, 0.717) is 0 Å². The number of anilines is 1. The van der Waals surface area contributed by atoms with Gasteiger partial charge < -0.3 is 5.32 Å². The number of rotatable bonds is 6. The normalized spacial score (nSPS) is 10.9. The Morgan fingerprint density at radius 1 is 0.897 bits per heavy atom. The average molecular weight is 382 g/mol. The summed E-state index contributed by atoms with van der Waals surface area (Å²) in [5.41, 5.74) is 4.66. The molecule has 1 aromatic heterocycles. The molecule has 29 heavy (non-hydrogen) atoms. The molecule has 0 amide bonds. The maximum atomic E-state index is 10.8. The molecule has 0 radical (unpaired) electrons. The zero-order valence-electron chi connectivity index (χ0n) is 15.5. The average Bonchev–Trinajstić information content (AvgIpc) is 3.19. The molecule has 1 N–H and O–H groups in total. The lowest BCUT2D eigenvalue weighted by Crippen LogP contribution is -1.93. The molecule has 6 nitrogen and oxygen atoms in total. The van der Waals surface area contributed by atoms with E-state index in [1.807, 2.05) is 77.6 Å². The first kappa shape index (κ1) is 18.2. The van der Waals surface area contributed by atoms with Gasteiger partial charge in [0.05, 0.1) is 16.3 Å². The lowest BCUT2D eigenvalue weighted by molar-refractivity contribution is -0.384. The molecule has 6 heteroatoms. The van der Waals surface area contributed by atoms with Gasteiger partial charge in [-0.1, -0.05) is 48.5 Å². The summed E-state index contributed by atoms with van der Waals surface area (Å²) >= 11 is 0. The fourth-order valence-corrected chi connectivity index (χ4v) is 2.95. The first-order valence-corrected chi connectivity index (χ1v) is 9.09. The van der Waals surface area contributed by atoms with E-state index < -0.39 is 4.92 Å². The van der Waals surface area contributed by atoms with Crippen molar-refractivity contribution in [1.29, 1.82) is 0 Å². The van der Waals surface area contributed by atoms with E-state index in [1.165, 1.54) is 12.1 Å². The molecule has 4 aromatic rings. The predicted molar refractivity (Wildman–Crippen MR) is 115 cm³/mol. The van der Waals surface area contributed by atoms with E-state index in [2.05, 4.69) is 5.32 Å². The van der Waals surface area contributed by atoms with Crippen molar-refractivity contribution in [3.63, 3.8) is 0 Å². The zero-order chi connectivity index (χ0) is 20.1. The van der Waals surface area contributed by atoms with Gasteiger partial charge in [-0.25, -0.2) is 4.68 Å². The predicted octanol–water partition coefficient (Wildman–Crippen LogP) is 5.53. The van der Waals surface area contributed by atoms with Crippen LogP contribution in [0.2, 0.25) is 0 Å². The zero-order valence-corrected chi connectivity index (χ0v) is 15.5. The third kappa shape index (κ3) is 4.22. The number of hydrogen-bond donors (Lipinski definition) is 1. The van der Waals surface area contributed by atoms with E-state index >= 15 is 0 Å². The molecule has 0 fully saturated rings. The summed E-state index contributed by atoms with van der Waals surface area (Å²) in [5, 5.41) is 18.7. The highest BCUT2D eigenvalue weighted by atomic mass is 16.6. The third-order valence-electron chi connectivity index (χ3n) is 4.40. The molecule has 0 unspecified atom stereocenters. The Balaban J connectivity index is 1.62. The van der Waals surface area contributed by atoms with Crippen LogP contribution >= 0.6 is 0 Å². The monoisotopic (exact) mass is 382 g/mol. The minimum absolute atomic E-state index is 0.0648. The van der Waals surface area contributed by atoms with E-state index in [9.17, 15) is 10.1 Å². The van der Waals surface area contributed by atoms with Crippen molar-refractivity contribution in [2.24, 2.45) is 0 Å². The molecule has 1 heterocycles. The van der Waals surface area contributed by atoms with Gasteiger partial charge in [0.15, 0.2) is 0 Å². The lowest BCUT2D eigenvalue weighted by Gasteiger charge is -2.01. The summed E-state index contributed by atoms with van der Waals surface area (Å²) in [6.45, 7) is 0. The Labute approximate surface area is 167 Å². The van der Waals surface area contributed by atoms with Crippen molar-refractivity contribution < 1.29 is 4.92 Å². The van der Waals surface area contributed by atoms with E-state index in [0.717, 1.165) is 28.2 Å². The molecule has 142 valence electrons. The minimum atomic E-state index is -0.413. The van der Waals surface area contributed by atoms with Crippen molar-refractivity contribution in [2.45, 2.75) is 0 Å². The quantitative estimate of drug-likeness (QED) is 0.351. The van der Waals surface area contributed by atoms with Gasteiger partial charge in [-0.3, -0.25) is 10.1 Å². The van der Waals surface area contributed by atoms with Crippen LogP contribution in [0.1, 0.15) is 5.56 Å². The largest absolute Gasteiger partial charge is 0.362 e. The third-order valence-corrected chi connectivity index (χ3v) is 4.40. The molecule has 4 rings (SSSR count). The minimum Gasteiger partial charge on any atom is -0.362 e. The number of non-ortho nitro benzene ring substituents is 1. The van der Waals surface area contributed by atoms with Crippen molar-refractivity contribution >= 4 is 17.5 Å². The SMILES string of the molecule is O=[N+]([O-])c1ccc(N/C=C/c2cn(-c3ccccc3)nc2-c2ccccc2)cc1. The van der Waals surface area contributed by atoms with Gasteiger partial charge in [0.2, 0.25) is 0 Å². The summed E-state index contributed by atoms with van der Waals surface area (Å²) in [6.07, 6.45) is 5.72. The Hall–Kier alpha value is -4.19. The number of para-hydroxylation sites is 1. The second kappa shape index (κ2) is 8.22. The van der Waals surface area contributed by atoms with Gasteiger partial charge in [0.25, 0.3) is 5.69 Å². The summed E-state index contributed by atoms with van der Waals surface area (Å²) in [5.74, 6) is 0. The van der Waals surface area contributed by atoms with Crippen LogP contribution in [0, 0.1) is 10.1 Å². The Morgan fingerprint density at radius 3 is 2.21 bits per heavy atom. The van der Waals surface area contributed by atoms with Crippen molar-refractivity contribution in [3.05, 3.63) is 113 Å². The number of hydrogen-bond acceptors (Lipinski definition) is 4. The Bertz CT molecular complexity index is 1130. The van der Waals surface area contributed by atoms with E-state index in [4.69, 9.17) is 5.10 Å². The fourth-order valence-electron chi connectivity index (χ4n) is 2.95.